The van der Waals surface area contributed by atoms with Gasteiger partial charge < -0.3 is 9.42 Å². The molecule has 0 radical (unpaired) electrons. The molecule has 0 saturated carbocycles. The van der Waals surface area contributed by atoms with Crippen LogP contribution in [0.2, 0.25) is 0 Å². The molecule has 0 N–H and O–H groups in total. The molecule has 3 aromatic rings. The zero-order valence-electron chi connectivity index (χ0n) is 16.4. The molecule has 4 rings (SSSR count). The SMILES string of the molecule is Cc1ncc(-c2onc(C)c2C)c(C2CCCCN2C(=O)c2snnc2C)n1. The predicted molar refractivity (Wildman–Crippen MR) is 104 cm³/mol. The standard InChI is InChI=1S/C19H22N6O2S/c1-10-11(2)23-27-17(10)14-9-20-13(4)21-16(14)15-7-5-6-8-25(15)19(26)18-12(3)22-24-28-18/h9,15H,5-8H2,1-4H3. The number of hydrogen-bond acceptors (Lipinski definition) is 8. The lowest BCUT2D eigenvalue weighted by Gasteiger charge is -2.35. The van der Waals surface area contributed by atoms with E-state index in [0.29, 0.717) is 28.7 Å². The molecule has 1 aliphatic heterocycles. The van der Waals surface area contributed by atoms with Crippen LogP contribution in [0.1, 0.15) is 63.4 Å². The second kappa shape index (κ2) is 7.38. The molecule has 1 unspecified atom stereocenters. The lowest BCUT2D eigenvalue weighted by molar-refractivity contribution is 0.0610. The van der Waals surface area contributed by atoms with E-state index in [9.17, 15) is 4.79 Å². The summed E-state index contributed by atoms with van der Waals surface area (Å²) in [6, 6.07) is -0.149. The lowest BCUT2D eigenvalue weighted by Crippen LogP contribution is -2.39. The van der Waals surface area contributed by atoms with Crippen molar-refractivity contribution in [1.29, 1.82) is 0 Å². The highest BCUT2D eigenvalue weighted by Gasteiger charge is 2.34. The Morgan fingerprint density at radius 1 is 1.21 bits per heavy atom. The van der Waals surface area contributed by atoms with Crippen LogP contribution in [0.15, 0.2) is 10.7 Å². The van der Waals surface area contributed by atoms with E-state index in [1.165, 1.54) is 0 Å². The molecule has 3 aromatic heterocycles. The molecule has 0 spiro atoms. The predicted octanol–water partition coefficient (Wildman–Crippen LogP) is 3.58. The Morgan fingerprint density at radius 2 is 2.04 bits per heavy atom. The summed E-state index contributed by atoms with van der Waals surface area (Å²) >= 11 is 1.14. The Bertz CT molecular complexity index is 1030. The molecule has 1 atom stereocenters. The van der Waals surface area contributed by atoms with Gasteiger partial charge in [0, 0.05) is 18.3 Å². The molecular formula is C19H22N6O2S. The monoisotopic (exact) mass is 398 g/mol. The lowest BCUT2D eigenvalue weighted by atomic mass is 9.94. The van der Waals surface area contributed by atoms with E-state index in [1.807, 2.05) is 32.6 Å². The van der Waals surface area contributed by atoms with Gasteiger partial charge in [0.2, 0.25) is 0 Å². The third-order valence-corrected chi connectivity index (χ3v) is 6.08. The fourth-order valence-electron chi connectivity index (χ4n) is 3.60. The zero-order valence-corrected chi connectivity index (χ0v) is 17.2. The van der Waals surface area contributed by atoms with Gasteiger partial charge in [-0.05, 0) is 58.5 Å². The first-order chi connectivity index (χ1) is 13.5. The van der Waals surface area contributed by atoms with Gasteiger partial charge in [0.05, 0.1) is 28.7 Å². The van der Waals surface area contributed by atoms with E-state index in [-0.39, 0.29) is 11.9 Å². The van der Waals surface area contributed by atoms with Gasteiger partial charge in [-0.2, -0.15) is 0 Å². The maximum absolute atomic E-state index is 13.2. The zero-order chi connectivity index (χ0) is 19.8. The smallest absolute Gasteiger partial charge is 0.268 e. The van der Waals surface area contributed by atoms with E-state index in [2.05, 4.69) is 19.7 Å². The Kier molecular flexibility index (Phi) is 4.92. The van der Waals surface area contributed by atoms with Crippen molar-refractivity contribution in [2.75, 3.05) is 6.54 Å². The van der Waals surface area contributed by atoms with Crippen molar-refractivity contribution < 1.29 is 9.32 Å². The van der Waals surface area contributed by atoms with Crippen molar-refractivity contribution in [3.05, 3.63) is 39.5 Å². The minimum absolute atomic E-state index is 0.0371. The first kappa shape index (κ1) is 18.7. The molecule has 0 bridgehead atoms. The van der Waals surface area contributed by atoms with Crippen LogP contribution in [-0.4, -0.2) is 42.1 Å². The third kappa shape index (κ3) is 3.19. The highest BCUT2D eigenvalue weighted by molar-refractivity contribution is 7.07. The van der Waals surface area contributed by atoms with E-state index in [0.717, 1.165) is 53.3 Å². The first-order valence-corrected chi connectivity index (χ1v) is 10.1. The van der Waals surface area contributed by atoms with Crippen LogP contribution in [0.25, 0.3) is 11.3 Å². The quantitative estimate of drug-likeness (QED) is 0.665. The number of aromatic nitrogens is 5. The highest BCUT2D eigenvalue weighted by atomic mass is 32.1. The fraction of sp³-hybridized carbons (Fsp3) is 0.474. The van der Waals surface area contributed by atoms with Crippen molar-refractivity contribution in [2.24, 2.45) is 0 Å². The number of nitrogens with zero attached hydrogens (tertiary/aromatic N) is 6. The molecule has 1 aliphatic rings. The summed E-state index contributed by atoms with van der Waals surface area (Å²) in [4.78, 5) is 24.8. The summed E-state index contributed by atoms with van der Waals surface area (Å²) in [5, 5.41) is 8.08. The van der Waals surface area contributed by atoms with E-state index in [1.54, 1.807) is 6.20 Å². The number of piperidine rings is 1. The van der Waals surface area contributed by atoms with E-state index < -0.39 is 0 Å². The molecule has 1 saturated heterocycles. The summed E-state index contributed by atoms with van der Waals surface area (Å²) in [7, 11) is 0. The molecule has 8 nitrogen and oxygen atoms in total. The molecule has 1 fully saturated rings. The first-order valence-electron chi connectivity index (χ1n) is 9.34. The minimum atomic E-state index is -0.149. The largest absolute Gasteiger partial charge is 0.356 e. The van der Waals surface area contributed by atoms with Gasteiger partial charge in [-0.15, -0.1) is 5.10 Å². The van der Waals surface area contributed by atoms with Gasteiger partial charge in [-0.25, -0.2) is 9.97 Å². The van der Waals surface area contributed by atoms with Crippen molar-refractivity contribution in [2.45, 2.75) is 53.0 Å². The minimum Gasteiger partial charge on any atom is -0.356 e. The van der Waals surface area contributed by atoms with Gasteiger partial charge in [-0.1, -0.05) is 9.64 Å². The van der Waals surface area contributed by atoms with Crippen LogP contribution in [0.3, 0.4) is 0 Å². The molecule has 146 valence electrons. The molecule has 28 heavy (non-hydrogen) atoms. The second-order valence-corrected chi connectivity index (χ2v) is 7.89. The highest BCUT2D eigenvalue weighted by Crippen LogP contribution is 2.38. The van der Waals surface area contributed by atoms with Crippen molar-refractivity contribution >= 4 is 17.4 Å². The summed E-state index contributed by atoms with van der Waals surface area (Å²) < 4.78 is 9.51. The Labute approximate surface area is 167 Å². The summed E-state index contributed by atoms with van der Waals surface area (Å²) in [5.41, 5.74) is 4.08. The topological polar surface area (TPSA) is 97.9 Å². The van der Waals surface area contributed by atoms with Crippen LogP contribution in [0, 0.1) is 27.7 Å². The van der Waals surface area contributed by atoms with E-state index >= 15 is 0 Å². The number of carbonyl (C=O) groups is 1. The Morgan fingerprint density at radius 3 is 2.71 bits per heavy atom. The molecular weight excluding hydrogens is 376 g/mol. The van der Waals surface area contributed by atoms with Gasteiger partial charge >= 0.3 is 0 Å². The molecule has 4 heterocycles. The van der Waals surface area contributed by atoms with Crippen molar-refractivity contribution in [3.8, 4) is 11.3 Å². The van der Waals surface area contributed by atoms with Crippen LogP contribution >= 0.6 is 11.5 Å². The summed E-state index contributed by atoms with van der Waals surface area (Å²) in [6.45, 7) is 8.24. The molecule has 1 amide bonds. The van der Waals surface area contributed by atoms with Crippen molar-refractivity contribution in [3.63, 3.8) is 0 Å². The average molecular weight is 398 g/mol. The Balaban J connectivity index is 1.80. The normalized spacial score (nSPS) is 17.1. The number of rotatable bonds is 3. The fourth-order valence-corrected chi connectivity index (χ4v) is 4.21. The van der Waals surface area contributed by atoms with Gasteiger partial charge in [0.15, 0.2) is 5.76 Å². The van der Waals surface area contributed by atoms with Crippen LogP contribution in [-0.2, 0) is 0 Å². The maximum Gasteiger partial charge on any atom is 0.268 e. The third-order valence-electron chi connectivity index (χ3n) is 5.27. The number of carbonyl (C=O) groups excluding carboxylic acids is 1. The average Bonchev–Trinajstić information content (AvgIpc) is 3.27. The van der Waals surface area contributed by atoms with Crippen LogP contribution < -0.4 is 0 Å². The number of hydrogen-bond donors (Lipinski definition) is 0. The molecule has 0 aromatic carbocycles. The summed E-state index contributed by atoms with van der Waals surface area (Å²) in [6.07, 6.45) is 4.62. The summed E-state index contributed by atoms with van der Waals surface area (Å²) in [5.74, 6) is 1.30. The number of likely N-dealkylation sites (tertiary alicyclic amines) is 1. The van der Waals surface area contributed by atoms with Gasteiger partial charge in [-0.3, -0.25) is 4.79 Å². The molecule has 9 heteroatoms. The number of aryl methyl sites for hydroxylation is 3. The van der Waals surface area contributed by atoms with Gasteiger partial charge in [0.25, 0.3) is 5.91 Å². The Hall–Kier alpha value is -2.68. The van der Waals surface area contributed by atoms with E-state index in [4.69, 9.17) is 9.51 Å². The molecule has 0 aliphatic carbocycles. The van der Waals surface area contributed by atoms with Crippen molar-refractivity contribution in [1.82, 2.24) is 29.6 Å². The van der Waals surface area contributed by atoms with Crippen LogP contribution in [0.5, 0.6) is 0 Å². The second-order valence-electron chi connectivity index (χ2n) is 7.14. The number of amides is 1. The van der Waals surface area contributed by atoms with Gasteiger partial charge in [0.1, 0.15) is 10.7 Å². The van der Waals surface area contributed by atoms with Crippen LogP contribution in [0.4, 0.5) is 0 Å². The maximum atomic E-state index is 13.2.